The van der Waals surface area contributed by atoms with E-state index in [0.717, 1.165) is 45.5 Å². The molecule has 2 atom stereocenters. The van der Waals surface area contributed by atoms with Crippen LogP contribution in [0.1, 0.15) is 68.9 Å². The first-order valence-electron chi connectivity index (χ1n) is 13.2. The van der Waals surface area contributed by atoms with Gasteiger partial charge in [0.15, 0.2) is 11.6 Å². The van der Waals surface area contributed by atoms with Gasteiger partial charge in [0.2, 0.25) is 5.82 Å². The third-order valence-electron chi connectivity index (χ3n) is 6.76. The Balaban J connectivity index is 1.54. The molecule has 1 amide bonds. The predicted octanol–water partition coefficient (Wildman–Crippen LogP) is 4.45. The Labute approximate surface area is 228 Å². The lowest BCUT2D eigenvalue weighted by molar-refractivity contribution is -0.147. The number of fused-ring (bicyclic) bond motifs is 2. The summed E-state index contributed by atoms with van der Waals surface area (Å²) in [5.41, 5.74) is -0.666. The summed E-state index contributed by atoms with van der Waals surface area (Å²) < 4.78 is 46.9. The van der Waals surface area contributed by atoms with Gasteiger partial charge in [-0.15, -0.1) is 21.5 Å². The number of aromatic nitrogens is 5. The van der Waals surface area contributed by atoms with Gasteiger partial charge in [0, 0.05) is 30.4 Å². The van der Waals surface area contributed by atoms with E-state index >= 15 is 0 Å². The summed E-state index contributed by atoms with van der Waals surface area (Å²) in [5.74, 6) is 0.385. The Morgan fingerprint density at radius 2 is 2.05 bits per heavy atom. The predicted molar refractivity (Wildman–Crippen MR) is 141 cm³/mol. The minimum atomic E-state index is -4.57. The van der Waals surface area contributed by atoms with Gasteiger partial charge < -0.3 is 24.8 Å². The van der Waals surface area contributed by atoms with Crippen molar-refractivity contribution in [1.29, 1.82) is 0 Å². The van der Waals surface area contributed by atoms with Crippen LogP contribution in [0.3, 0.4) is 0 Å². The summed E-state index contributed by atoms with van der Waals surface area (Å²) in [6.45, 7) is 9.53. The molecule has 2 unspecified atom stereocenters. The molecule has 1 fully saturated rings. The van der Waals surface area contributed by atoms with Crippen LogP contribution >= 0.6 is 11.3 Å². The molecule has 0 bridgehead atoms. The van der Waals surface area contributed by atoms with Crippen molar-refractivity contribution in [2.24, 2.45) is 5.92 Å². The Bertz CT molecular complexity index is 1340. The van der Waals surface area contributed by atoms with Crippen molar-refractivity contribution in [2.45, 2.75) is 77.9 Å². The number of hydrogen-bond acceptors (Lipinski definition) is 9. The summed E-state index contributed by atoms with van der Waals surface area (Å²) in [6, 6.07) is 1.57. The maximum atomic E-state index is 13.4. The van der Waals surface area contributed by atoms with Crippen LogP contribution in [0, 0.1) is 5.92 Å². The van der Waals surface area contributed by atoms with Gasteiger partial charge in [-0.1, -0.05) is 13.3 Å². The minimum absolute atomic E-state index is 0.0525. The highest BCUT2D eigenvalue weighted by Crippen LogP contribution is 2.37. The van der Waals surface area contributed by atoms with Crippen LogP contribution in [0.4, 0.5) is 23.8 Å². The number of carbonyl (C=O) groups excluding carboxylic acids is 1. The lowest BCUT2D eigenvalue weighted by Gasteiger charge is -2.31. The van der Waals surface area contributed by atoms with Crippen LogP contribution in [-0.4, -0.2) is 56.1 Å². The van der Waals surface area contributed by atoms with Crippen LogP contribution in [0.5, 0.6) is 0 Å². The molecular weight excluding hydrogens is 533 g/mol. The SMILES string of the molecule is CCCc1cc2c(N3CCn4c(nnc4C(F)(F)F)C3)nc(C(NC(=O)OC(C)(C)C)C3CCNC3)nc2s1. The molecule has 0 radical (unpaired) electrons. The minimum Gasteiger partial charge on any atom is -0.444 e. The molecule has 2 N–H and O–H groups in total. The third kappa shape index (κ3) is 5.96. The van der Waals surface area contributed by atoms with Crippen LogP contribution < -0.4 is 15.5 Å². The van der Waals surface area contributed by atoms with Crippen LogP contribution in [-0.2, 0) is 30.4 Å². The lowest BCUT2D eigenvalue weighted by Crippen LogP contribution is -2.40. The maximum absolute atomic E-state index is 13.4. The van der Waals surface area contributed by atoms with Gasteiger partial charge in [0.05, 0.1) is 18.0 Å². The third-order valence-corrected chi connectivity index (χ3v) is 7.85. The largest absolute Gasteiger partial charge is 0.451 e. The van der Waals surface area contributed by atoms with Gasteiger partial charge in [-0.25, -0.2) is 14.8 Å². The first-order valence-corrected chi connectivity index (χ1v) is 14.0. The first kappa shape index (κ1) is 27.6. The molecule has 2 aliphatic rings. The number of anilines is 1. The number of thiophene rings is 1. The fourth-order valence-corrected chi connectivity index (χ4v) is 6.19. The Kier molecular flexibility index (Phi) is 7.44. The van der Waals surface area contributed by atoms with Gasteiger partial charge in [0.25, 0.3) is 0 Å². The molecule has 1 saturated heterocycles. The second kappa shape index (κ2) is 10.5. The van der Waals surface area contributed by atoms with Gasteiger partial charge in [-0.05, 0) is 46.2 Å². The van der Waals surface area contributed by atoms with E-state index in [1.807, 2.05) is 4.90 Å². The Hall–Kier alpha value is -3.00. The van der Waals surface area contributed by atoms with Crippen molar-refractivity contribution in [1.82, 2.24) is 35.4 Å². The smallest absolute Gasteiger partial charge is 0.444 e. The number of aryl methyl sites for hydroxylation is 1. The number of amides is 1. The van der Waals surface area contributed by atoms with Crippen molar-refractivity contribution in [2.75, 3.05) is 24.5 Å². The topological polar surface area (TPSA) is 110 Å². The summed E-state index contributed by atoms with van der Waals surface area (Å²) in [7, 11) is 0. The normalized spacial score (nSPS) is 18.8. The standard InChI is InChI=1S/C25H33F3N8O2S/c1-5-6-15-11-16-20(35-9-10-36-17(13-35)33-34-22(36)25(26,27)28)31-19(32-21(16)39-15)18(14-7-8-29-12-14)30-23(37)38-24(2,3)4/h11,14,18,29H,5-10,12-13H2,1-4H3,(H,30,37). The van der Waals surface area contributed by atoms with Crippen LogP contribution in [0.25, 0.3) is 10.2 Å². The first-order chi connectivity index (χ1) is 18.4. The van der Waals surface area contributed by atoms with Gasteiger partial charge in [-0.3, -0.25) is 0 Å². The number of halogens is 3. The molecule has 39 heavy (non-hydrogen) atoms. The fraction of sp³-hybridized carbons (Fsp3) is 0.640. The van der Waals surface area contributed by atoms with E-state index in [1.54, 1.807) is 32.1 Å². The molecule has 5 heterocycles. The number of alkyl carbamates (subject to hydrolysis) is 1. The lowest BCUT2D eigenvalue weighted by atomic mass is 9.98. The average Bonchev–Trinajstić information content (AvgIpc) is 3.59. The molecule has 212 valence electrons. The molecule has 0 spiro atoms. The van der Waals surface area contributed by atoms with Crippen LogP contribution in [0.2, 0.25) is 0 Å². The van der Waals surface area contributed by atoms with Crippen molar-refractivity contribution >= 4 is 33.5 Å². The van der Waals surface area contributed by atoms with Gasteiger partial charge in [0.1, 0.15) is 16.2 Å². The van der Waals surface area contributed by atoms with Crippen molar-refractivity contribution < 1.29 is 22.7 Å². The fourth-order valence-electron chi connectivity index (χ4n) is 5.06. The molecule has 0 aromatic carbocycles. The summed E-state index contributed by atoms with van der Waals surface area (Å²) in [5, 5.41) is 14.4. The van der Waals surface area contributed by atoms with Crippen molar-refractivity contribution in [3.8, 4) is 0 Å². The quantitative estimate of drug-likeness (QED) is 0.451. The zero-order valence-corrected chi connectivity index (χ0v) is 23.2. The van der Waals surface area contributed by atoms with Crippen molar-refractivity contribution in [3.05, 3.63) is 28.4 Å². The van der Waals surface area contributed by atoms with E-state index in [-0.39, 0.29) is 24.8 Å². The summed E-state index contributed by atoms with van der Waals surface area (Å²) in [6.07, 6.45) is -2.44. The maximum Gasteiger partial charge on any atom is 0.451 e. The summed E-state index contributed by atoms with van der Waals surface area (Å²) in [4.78, 5) is 26.6. The zero-order chi connectivity index (χ0) is 27.9. The molecule has 0 aliphatic carbocycles. The zero-order valence-electron chi connectivity index (χ0n) is 22.4. The molecule has 0 saturated carbocycles. The molecule has 5 rings (SSSR count). The van der Waals surface area contributed by atoms with Gasteiger partial charge >= 0.3 is 12.3 Å². The van der Waals surface area contributed by atoms with E-state index in [0.29, 0.717) is 24.7 Å². The second-order valence-corrected chi connectivity index (χ2v) is 12.1. The highest BCUT2D eigenvalue weighted by molar-refractivity contribution is 7.18. The molecule has 3 aromatic rings. The molecule has 14 heteroatoms. The number of ether oxygens (including phenoxy) is 1. The van der Waals surface area contributed by atoms with E-state index in [9.17, 15) is 18.0 Å². The van der Waals surface area contributed by atoms with E-state index in [2.05, 4.69) is 33.8 Å². The van der Waals surface area contributed by atoms with Crippen molar-refractivity contribution in [3.63, 3.8) is 0 Å². The Morgan fingerprint density at radius 1 is 1.26 bits per heavy atom. The molecule has 3 aromatic heterocycles. The highest BCUT2D eigenvalue weighted by atomic mass is 32.1. The number of alkyl halides is 3. The number of rotatable bonds is 6. The van der Waals surface area contributed by atoms with Crippen LogP contribution in [0.15, 0.2) is 6.07 Å². The van der Waals surface area contributed by atoms with Gasteiger partial charge in [-0.2, -0.15) is 13.2 Å². The monoisotopic (exact) mass is 566 g/mol. The number of nitrogens with zero attached hydrogens (tertiary/aromatic N) is 6. The van der Waals surface area contributed by atoms with E-state index in [1.165, 1.54) is 0 Å². The highest BCUT2D eigenvalue weighted by Gasteiger charge is 2.40. The number of nitrogens with one attached hydrogen (secondary N) is 2. The Morgan fingerprint density at radius 3 is 2.72 bits per heavy atom. The second-order valence-electron chi connectivity index (χ2n) is 11.0. The number of hydrogen-bond donors (Lipinski definition) is 2. The molecule has 10 nitrogen and oxygen atoms in total. The number of carbonyl (C=O) groups is 1. The summed E-state index contributed by atoms with van der Waals surface area (Å²) >= 11 is 1.58. The van der Waals surface area contributed by atoms with E-state index in [4.69, 9.17) is 14.7 Å². The molecule has 2 aliphatic heterocycles. The van der Waals surface area contributed by atoms with E-state index < -0.39 is 29.7 Å². The molecular formula is C25H33F3N8O2S. The average molecular weight is 567 g/mol.